The third-order valence-electron chi connectivity index (χ3n) is 5.52. The van der Waals surface area contributed by atoms with Crippen LogP contribution < -0.4 is 10.6 Å². The summed E-state index contributed by atoms with van der Waals surface area (Å²) in [6.07, 6.45) is 4.20. The molecule has 0 fully saturated rings. The molecule has 7 heteroatoms. The van der Waals surface area contributed by atoms with Gasteiger partial charge in [-0.05, 0) is 42.7 Å². The number of amides is 1. The lowest BCUT2D eigenvalue weighted by Crippen LogP contribution is -2.13. The molecule has 1 aliphatic rings. The fourth-order valence-corrected chi connectivity index (χ4v) is 3.98. The van der Waals surface area contributed by atoms with Gasteiger partial charge in [-0.15, -0.1) is 0 Å². The molecule has 1 amide bonds. The Bertz CT molecular complexity index is 1310. The highest BCUT2D eigenvalue weighted by molar-refractivity contribution is 6.06. The average molecular weight is 432 g/mol. The van der Waals surface area contributed by atoms with E-state index in [1.807, 2.05) is 49.4 Å². The van der Waals surface area contributed by atoms with E-state index in [-0.39, 0.29) is 11.7 Å². The van der Waals surface area contributed by atoms with Gasteiger partial charge in [-0.25, -0.2) is 14.4 Å². The van der Waals surface area contributed by atoms with Crippen LogP contribution in [0.4, 0.5) is 15.9 Å². The van der Waals surface area contributed by atoms with E-state index in [2.05, 4.69) is 27.5 Å². The molecular formula is C25H26FN5O. The first-order valence-corrected chi connectivity index (χ1v) is 10.9. The molecule has 4 aromatic rings. The number of aromatic nitrogens is 3. The number of benzene rings is 1. The number of imidazole rings is 1. The number of aryl methyl sites for hydroxylation is 2. The Balaban J connectivity index is 0.00000119. The summed E-state index contributed by atoms with van der Waals surface area (Å²) in [4.78, 5) is 21.6. The highest BCUT2D eigenvalue weighted by atomic mass is 19.1. The first-order chi connectivity index (χ1) is 15.5. The van der Waals surface area contributed by atoms with Crippen LogP contribution in [0.15, 0.2) is 48.8 Å². The minimum Gasteiger partial charge on any atom is -0.348 e. The molecule has 2 N–H and O–H groups in total. The standard InChI is InChI=1S/C23H20FN5O.C2H6/c1-3-17-13(2)4-7-20(27-17)28-18-6-5-15(16-11-26-23(30)22(16)18)19-12-25-21-10-14(24)8-9-29(19)21;1-2/h4-10,12H,3,11H2,1-2H3,(H,26,30)(H,27,28);1-2H3. The largest absolute Gasteiger partial charge is 0.348 e. The Morgan fingerprint density at radius 2 is 2.00 bits per heavy atom. The van der Waals surface area contributed by atoms with E-state index in [1.165, 1.54) is 12.1 Å². The number of carbonyl (C=O) groups is 1. The maximum absolute atomic E-state index is 13.5. The van der Waals surface area contributed by atoms with Gasteiger partial charge in [0.25, 0.3) is 5.91 Å². The molecule has 1 aliphatic heterocycles. The van der Waals surface area contributed by atoms with Gasteiger partial charge in [0.1, 0.15) is 17.3 Å². The summed E-state index contributed by atoms with van der Waals surface area (Å²) in [7, 11) is 0. The van der Waals surface area contributed by atoms with Crippen LogP contribution in [-0.2, 0) is 13.0 Å². The number of nitrogens with zero attached hydrogens (tertiary/aromatic N) is 3. The number of rotatable bonds is 4. The van der Waals surface area contributed by atoms with Crippen molar-refractivity contribution in [3.8, 4) is 11.3 Å². The summed E-state index contributed by atoms with van der Waals surface area (Å²) in [6, 6.07) is 10.6. The van der Waals surface area contributed by atoms with Crippen LogP contribution in [0.3, 0.4) is 0 Å². The third kappa shape index (κ3) is 3.70. The second-order valence-electron chi connectivity index (χ2n) is 7.35. The zero-order chi connectivity index (χ0) is 22.8. The van der Waals surface area contributed by atoms with Crippen LogP contribution in [0.25, 0.3) is 16.9 Å². The summed E-state index contributed by atoms with van der Waals surface area (Å²) in [6.45, 7) is 8.53. The highest BCUT2D eigenvalue weighted by Crippen LogP contribution is 2.35. The molecule has 3 aromatic heterocycles. The van der Waals surface area contributed by atoms with Gasteiger partial charge in [-0.2, -0.15) is 0 Å². The Kier molecular flexibility index (Phi) is 5.90. The van der Waals surface area contributed by atoms with Crippen molar-refractivity contribution in [2.45, 2.75) is 40.7 Å². The van der Waals surface area contributed by atoms with Crippen molar-refractivity contribution >= 4 is 23.1 Å². The Hall–Kier alpha value is -3.74. The van der Waals surface area contributed by atoms with Crippen molar-refractivity contribution in [3.05, 3.63) is 77.0 Å². The number of nitrogens with one attached hydrogen (secondary N) is 2. The zero-order valence-corrected chi connectivity index (χ0v) is 18.7. The van der Waals surface area contributed by atoms with Gasteiger partial charge in [0.15, 0.2) is 0 Å². The van der Waals surface area contributed by atoms with Gasteiger partial charge in [0, 0.05) is 30.1 Å². The molecule has 0 saturated heterocycles. The predicted octanol–water partition coefficient (Wildman–Crippen LogP) is 5.42. The second kappa shape index (κ2) is 8.78. The van der Waals surface area contributed by atoms with Crippen molar-refractivity contribution in [1.82, 2.24) is 19.7 Å². The van der Waals surface area contributed by atoms with Crippen molar-refractivity contribution in [2.75, 3.05) is 5.32 Å². The fourth-order valence-electron chi connectivity index (χ4n) is 3.98. The molecule has 0 aliphatic carbocycles. The van der Waals surface area contributed by atoms with Gasteiger partial charge in [-0.3, -0.25) is 9.20 Å². The van der Waals surface area contributed by atoms with Crippen molar-refractivity contribution in [2.24, 2.45) is 0 Å². The Labute approximate surface area is 186 Å². The van der Waals surface area contributed by atoms with Crippen molar-refractivity contribution < 1.29 is 9.18 Å². The summed E-state index contributed by atoms with van der Waals surface area (Å²) in [5.74, 6) is 0.243. The van der Waals surface area contributed by atoms with Crippen LogP contribution in [0.1, 0.15) is 48.0 Å². The monoisotopic (exact) mass is 431 g/mol. The quantitative estimate of drug-likeness (QED) is 0.453. The number of hydrogen-bond acceptors (Lipinski definition) is 4. The summed E-state index contributed by atoms with van der Waals surface area (Å²) in [5.41, 5.74) is 6.59. The minimum atomic E-state index is -0.335. The lowest BCUT2D eigenvalue weighted by Gasteiger charge is -2.14. The molecule has 32 heavy (non-hydrogen) atoms. The van der Waals surface area contributed by atoms with Gasteiger partial charge in [0.2, 0.25) is 0 Å². The maximum Gasteiger partial charge on any atom is 0.254 e. The minimum absolute atomic E-state index is 0.128. The molecule has 1 aromatic carbocycles. The number of halogens is 1. The van der Waals surface area contributed by atoms with Crippen LogP contribution in [-0.4, -0.2) is 20.3 Å². The predicted molar refractivity (Wildman–Crippen MR) is 125 cm³/mol. The zero-order valence-electron chi connectivity index (χ0n) is 18.7. The molecule has 0 atom stereocenters. The van der Waals surface area contributed by atoms with E-state index in [0.717, 1.165) is 34.5 Å². The first-order valence-electron chi connectivity index (χ1n) is 10.9. The summed E-state index contributed by atoms with van der Waals surface area (Å²) in [5, 5.41) is 6.22. The van der Waals surface area contributed by atoms with E-state index in [9.17, 15) is 9.18 Å². The van der Waals surface area contributed by atoms with Crippen LogP contribution >= 0.6 is 0 Å². The average Bonchev–Trinajstić information content (AvgIpc) is 3.40. The van der Waals surface area contributed by atoms with Crippen LogP contribution in [0.2, 0.25) is 0 Å². The molecule has 164 valence electrons. The van der Waals surface area contributed by atoms with E-state index in [4.69, 9.17) is 0 Å². The molecule has 0 saturated carbocycles. The van der Waals surface area contributed by atoms with E-state index >= 15 is 0 Å². The van der Waals surface area contributed by atoms with E-state index in [1.54, 1.807) is 12.4 Å². The van der Waals surface area contributed by atoms with Crippen LogP contribution in [0, 0.1) is 12.7 Å². The number of fused-ring (bicyclic) bond motifs is 2. The molecule has 0 unspecified atom stereocenters. The number of carbonyl (C=O) groups excluding carboxylic acids is 1. The van der Waals surface area contributed by atoms with Crippen LogP contribution in [0.5, 0.6) is 0 Å². The van der Waals surface area contributed by atoms with Gasteiger partial charge in [0.05, 0.1) is 23.1 Å². The first kappa shape index (κ1) is 21.5. The Morgan fingerprint density at radius 3 is 2.78 bits per heavy atom. The SMILES string of the molecule is CC.CCc1nc(Nc2ccc(-c3cnc4cc(F)ccn34)c3c2C(=O)NC3)ccc1C. The lowest BCUT2D eigenvalue weighted by atomic mass is 9.99. The Morgan fingerprint density at radius 1 is 1.19 bits per heavy atom. The highest BCUT2D eigenvalue weighted by Gasteiger charge is 2.27. The number of pyridine rings is 2. The molecule has 0 spiro atoms. The van der Waals surface area contributed by atoms with E-state index in [0.29, 0.717) is 29.3 Å². The van der Waals surface area contributed by atoms with Gasteiger partial charge >= 0.3 is 0 Å². The normalized spacial score (nSPS) is 12.2. The molecule has 5 rings (SSSR count). The summed E-state index contributed by atoms with van der Waals surface area (Å²) < 4.78 is 15.4. The molecule has 0 radical (unpaired) electrons. The van der Waals surface area contributed by atoms with Gasteiger partial charge in [-0.1, -0.05) is 32.9 Å². The number of anilines is 2. The smallest absolute Gasteiger partial charge is 0.254 e. The van der Waals surface area contributed by atoms with E-state index < -0.39 is 0 Å². The lowest BCUT2D eigenvalue weighted by molar-refractivity contribution is 0.0966. The van der Waals surface area contributed by atoms with Crippen molar-refractivity contribution in [3.63, 3.8) is 0 Å². The maximum atomic E-state index is 13.5. The fraction of sp³-hybridized carbons (Fsp3) is 0.240. The molecule has 4 heterocycles. The second-order valence-corrected chi connectivity index (χ2v) is 7.35. The van der Waals surface area contributed by atoms with Crippen molar-refractivity contribution in [1.29, 1.82) is 0 Å². The third-order valence-corrected chi connectivity index (χ3v) is 5.52. The molecule has 6 nitrogen and oxygen atoms in total. The molecule has 0 bridgehead atoms. The van der Waals surface area contributed by atoms with Gasteiger partial charge < -0.3 is 10.6 Å². The molecular weight excluding hydrogens is 405 g/mol. The topological polar surface area (TPSA) is 71.3 Å². The number of hydrogen-bond donors (Lipinski definition) is 2. The summed E-state index contributed by atoms with van der Waals surface area (Å²) >= 11 is 0.